The van der Waals surface area contributed by atoms with Crippen molar-refractivity contribution >= 4 is 23.4 Å². The van der Waals surface area contributed by atoms with Crippen LogP contribution in [0.2, 0.25) is 0 Å². The zero-order chi connectivity index (χ0) is 30.0. The SMILES string of the molecule is CCCCCCOC(=O)[C@]12O[C@@]1(C/C(CO)=C(\C)CC1(c3ccnc(N)c3)CCCCC1)C(=O)c1ccccc1C2=O. The highest BCUT2D eigenvalue weighted by molar-refractivity contribution is 6.32. The summed E-state index contributed by atoms with van der Waals surface area (Å²) in [6.45, 7) is 3.89. The van der Waals surface area contributed by atoms with Gasteiger partial charge in [0, 0.05) is 23.7 Å². The van der Waals surface area contributed by atoms with Crippen LogP contribution in [0.25, 0.3) is 0 Å². The summed E-state index contributed by atoms with van der Waals surface area (Å²) in [7, 11) is 0. The monoisotopic (exact) mass is 574 g/mol. The fourth-order valence-electron chi connectivity index (χ4n) is 7.14. The van der Waals surface area contributed by atoms with Gasteiger partial charge in [0.2, 0.25) is 5.78 Å². The van der Waals surface area contributed by atoms with E-state index in [0.29, 0.717) is 24.2 Å². The minimum Gasteiger partial charge on any atom is -0.463 e. The van der Waals surface area contributed by atoms with Crippen LogP contribution in [0, 0.1) is 0 Å². The van der Waals surface area contributed by atoms with E-state index in [1.54, 1.807) is 30.5 Å². The average molecular weight is 575 g/mol. The van der Waals surface area contributed by atoms with Crippen LogP contribution in [-0.2, 0) is 19.7 Å². The van der Waals surface area contributed by atoms with E-state index in [1.165, 1.54) is 0 Å². The number of hydrogen-bond donors (Lipinski definition) is 2. The van der Waals surface area contributed by atoms with Gasteiger partial charge in [-0.15, -0.1) is 0 Å². The molecule has 0 unspecified atom stereocenters. The lowest BCUT2D eigenvalue weighted by atomic mass is 9.65. The van der Waals surface area contributed by atoms with Crippen LogP contribution in [0.3, 0.4) is 0 Å². The van der Waals surface area contributed by atoms with E-state index in [2.05, 4.69) is 11.9 Å². The van der Waals surface area contributed by atoms with E-state index in [9.17, 15) is 19.5 Å². The smallest absolute Gasteiger partial charge is 0.350 e. The van der Waals surface area contributed by atoms with Crippen molar-refractivity contribution in [2.75, 3.05) is 18.9 Å². The Balaban J connectivity index is 1.48. The van der Waals surface area contributed by atoms with E-state index in [4.69, 9.17) is 15.2 Å². The summed E-state index contributed by atoms with van der Waals surface area (Å²) in [6.07, 6.45) is 11.2. The molecule has 8 heteroatoms. The lowest BCUT2D eigenvalue weighted by Gasteiger charge is -2.39. The largest absolute Gasteiger partial charge is 0.463 e. The van der Waals surface area contributed by atoms with Crippen LogP contribution in [0.15, 0.2) is 53.7 Å². The van der Waals surface area contributed by atoms with Gasteiger partial charge in [0.05, 0.1) is 13.2 Å². The molecule has 2 heterocycles. The van der Waals surface area contributed by atoms with E-state index in [1.807, 2.05) is 19.1 Å². The Hall–Kier alpha value is -3.36. The van der Waals surface area contributed by atoms with Gasteiger partial charge in [-0.1, -0.05) is 75.3 Å². The standard InChI is InChI=1S/C34H42N2O6/c1-3-4-5-11-18-41-31(40)34-30(39)27-13-8-7-12-26(27)29(38)33(34,42-34)21-24(22-37)23(2)20-32(15-9-6-10-16-32)25-14-17-36-28(35)19-25/h7-8,12-14,17,19,37H,3-6,9-11,15-16,18,20-22H2,1-2H3,(H2,35,36)/b24-23-/t33-,34-/m0/s1. The Labute approximate surface area is 247 Å². The third kappa shape index (κ3) is 5.09. The summed E-state index contributed by atoms with van der Waals surface area (Å²) >= 11 is 0. The second kappa shape index (κ2) is 12.1. The molecule has 42 heavy (non-hydrogen) atoms. The number of aliphatic hydroxyl groups excluding tert-OH is 1. The zero-order valence-corrected chi connectivity index (χ0v) is 24.7. The number of carbonyl (C=O) groups is 3. The molecule has 3 aliphatic rings. The Morgan fingerprint density at radius 3 is 2.40 bits per heavy atom. The zero-order valence-electron chi connectivity index (χ0n) is 24.7. The van der Waals surface area contributed by atoms with Crippen molar-refractivity contribution in [3.05, 3.63) is 70.4 Å². The van der Waals surface area contributed by atoms with Gasteiger partial charge in [-0.25, -0.2) is 9.78 Å². The van der Waals surface area contributed by atoms with E-state index < -0.39 is 28.7 Å². The second-order valence-corrected chi connectivity index (χ2v) is 12.2. The van der Waals surface area contributed by atoms with Crippen LogP contribution in [0.1, 0.15) is 111 Å². The number of ether oxygens (including phenoxy) is 2. The van der Waals surface area contributed by atoms with Gasteiger partial charge < -0.3 is 20.3 Å². The van der Waals surface area contributed by atoms with Crippen LogP contribution >= 0.6 is 0 Å². The van der Waals surface area contributed by atoms with E-state index >= 15 is 0 Å². The molecule has 8 nitrogen and oxygen atoms in total. The number of aromatic nitrogens is 1. The maximum absolute atomic E-state index is 14.0. The first-order chi connectivity index (χ1) is 20.2. The third-order valence-electron chi connectivity index (χ3n) is 9.54. The van der Waals surface area contributed by atoms with Crippen molar-refractivity contribution in [3.63, 3.8) is 0 Å². The number of carbonyl (C=O) groups excluding carboxylic acids is 3. The molecule has 224 valence electrons. The highest BCUT2D eigenvalue weighted by atomic mass is 16.7. The van der Waals surface area contributed by atoms with Crippen LogP contribution in [0.4, 0.5) is 5.82 Å². The molecule has 1 aliphatic heterocycles. The maximum Gasteiger partial charge on any atom is 0.350 e. The number of esters is 1. The van der Waals surface area contributed by atoms with Gasteiger partial charge in [-0.05, 0) is 61.3 Å². The number of hydrogen-bond acceptors (Lipinski definition) is 8. The van der Waals surface area contributed by atoms with Crippen molar-refractivity contribution in [2.45, 2.75) is 101 Å². The fraction of sp³-hybridized carbons (Fsp3) is 0.529. The summed E-state index contributed by atoms with van der Waals surface area (Å²) in [5.74, 6) is -1.33. The highest BCUT2D eigenvalue weighted by Gasteiger charge is 2.85. The number of rotatable bonds is 12. The number of epoxide rings is 1. The van der Waals surface area contributed by atoms with Crippen LogP contribution < -0.4 is 5.73 Å². The van der Waals surface area contributed by atoms with Gasteiger partial charge in [-0.3, -0.25) is 9.59 Å². The molecule has 1 saturated heterocycles. The van der Waals surface area contributed by atoms with Gasteiger partial charge in [0.15, 0.2) is 11.4 Å². The normalized spacial score (nSPS) is 24.8. The molecule has 1 aromatic heterocycles. The minimum atomic E-state index is -2.04. The average Bonchev–Trinajstić information content (AvgIpc) is 3.70. The number of nitrogen functional groups attached to an aromatic ring is 1. The molecule has 2 aliphatic carbocycles. The number of anilines is 1. The first-order valence-corrected chi connectivity index (χ1v) is 15.3. The predicted molar refractivity (Wildman–Crippen MR) is 159 cm³/mol. The molecular weight excluding hydrogens is 532 g/mol. The van der Waals surface area contributed by atoms with Crippen molar-refractivity contribution in [1.82, 2.24) is 4.98 Å². The number of unbranched alkanes of at least 4 members (excludes halogenated alkanes) is 3. The van der Waals surface area contributed by atoms with Crippen molar-refractivity contribution in [3.8, 4) is 0 Å². The first-order valence-electron chi connectivity index (χ1n) is 15.3. The molecule has 1 aromatic carbocycles. The predicted octanol–water partition coefficient (Wildman–Crippen LogP) is 5.67. The Kier molecular flexibility index (Phi) is 8.67. The van der Waals surface area contributed by atoms with Gasteiger partial charge >= 0.3 is 5.97 Å². The molecule has 2 fully saturated rings. The first kappa shape index (κ1) is 30.1. The number of nitrogens with two attached hydrogens (primary N) is 1. The number of aliphatic hydroxyl groups is 1. The van der Waals surface area contributed by atoms with Crippen LogP contribution in [-0.4, -0.2) is 52.0 Å². The number of fused-ring (bicyclic) bond motifs is 2. The number of benzene rings is 1. The lowest BCUT2D eigenvalue weighted by molar-refractivity contribution is -0.148. The molecule has 5 rings (SSSR count). The van der Waals surface area contributed by atoms with Crippen LogP contribution in [0.5, 0.6) is 0 Å². The summed E-state index contributed by atoms with van der Waals surface area (Å²) in [6, 6.07) is 10.5. The number of Topliss-reactive ketones (excluding diaryl/α,β-unsaturated/α-hetero) is 2. The number of nitrogens with zero attached hydrogens (tertiary/aromatic N) is 1. The van der Waals surface area contributed by atoms with Gasteiger partial charge in [-0.2, -0.15) is 0 Å². The van der Waals surface area contributed by atoms with E-state index in [0.717, 1.165) is 62.5 Å². The van der Waals surface area contributed by atoms with Crippen molar-refractivity contribution in [1.29, 1.82) is 0 Å². The Morgan fingerprint density at radius 1 is 1.02 bits per heavy atom. The number of allylic oxidation sites excluding steroid dienone is 1. The molecule has 0 bridgehead atoms. The molecule has 0 amide bonds. The van der Waals surface area contributed by atoms with Crippen molar-refractivity contribution < 1.29 is 29.0 Å². The number of pyridine rings is 1. The Morgan fingerprint density at radius 2 is 1.74 bits per heavy atom. The third-order valence-corrected chi connectivity index (χ3v) is 9.54. The molecule has 3 N–H and O–H groups in total. The summed E-state index contributed by atoms with van der Waals surface area (Å²) in [5.41, 5.74) is 5.14. The van der Waals surface area contributed by atoms with Crippen molar-refractivity contribution in [2.24, 2.45) is 0 Å². The summed E-state index contributed by atoms with van der Waals surface area (Å²) < 4.78 is 11.6. The van der Waals surface area contributed by atoms with Gasteiger partial charge in [0.1, 0.15) is 5.82 Å². The molecule has 0 spiro atoms. The van der Waals surface area contributed by atoms with E-state index in [-0.39, 0.29) is 36.2 Å². The topological polar surface area (TPSA) is 132 Å². The number of ketones is 2. The lowest BCUT2D eigenvalue weighted by Crippen LogP contribution is -2.51. The Bertz CT molecular complexity index is 1390. The maximum atomic E-state index is 14.0. The second-order valence-electron chi connectivity index (χ2n) is 12.2. The fourth-order valence-corrected chi connectivity index (χ4v) is 7.14. The molecular formula is C34H42N2O6. The quantitative estimate of drug-likeness (QED) is 0.109. The molecule has 1 saturated carbocycles. The minimum absolute atomic E-state index is 0.0618. The van der Waals surface area contributed by atoms with Gasteiger partial charge in [0.25, 0.3) is 5.60 Å². The summed E-state index contributed by atoms with van der Waals surface area (Å²) in [5, 5.41) is 10.6. The molecule has 2 atom stereocenters. The molecule has 2 aromatic rings. The highest BCUT2D eigenvalue weighted by Crippen LogP contribution is 2.59. The summed E-state index contributed by atoms with van der Waals surface area (Å²) in [4.78, 5) is 45.6. The molecule has 0 radical (unpaired) electrons.